The van der Waals surface area contributed by atoms with Gasteiger partial charge < -0.3 is 25.5 Å². The maximum atomic E-state index is 12.8. The van der Waals surface area contributed by atoms with E-state index in [2.05, 4.69) is 23.3 Å². The summed E-state index contributed by atoms with van der Waals surface area (Å²) in [5.74, 6) is -1.29. The van der Waals surface area contributed by atoms with Crippen molar-refractivity contribution in [3.63, 3.8) is 0 Å². The molecule has 2 atom stereocenters. The van der Waals surface area contributed by atoms with Crippen LogP contribution < -0.4 is 10.6 Å². The summed E-state index contributed by atoms with van der Waals surface area (Å²) in [6, 6.07) is 17.9. The second kappa shape index (κ2) is 13.2. The van der Waals surface area contributed by atoms with Crippen molar-refractivity contribution in [3.8, 4) is 0 Å². The summed E-state index contributed by atoms with van der Waals surface area (Å²) in [6.07, 6.45) is -2.99. The molecule has 0 bridgehead atoms. The third kappa shape index (κ3) is 8.75. The summed E-state index contributed by atoms with van der Waals surface area (Å²) in [6.45, 7) is 3.40. The molecule has 1 unspecified atom stereocenters. The van der Waals surface area contributed by atoms with Gasteiger partial charge in [-0.1, -0.05) is 74.5 Å². The van der Waals surface area contributed by atoms with E-state index in [4.69, 9.17) is 4.52 Å². The Morgan fingerprint density at radius 3 is 1.94 bits per heavy atom. The van der Waals surface area contributed by atoms with E-state index in [0.29, 0.717) is 23.4 Å². The summed E-state index contributed by atoms with van der Waals surface area (Å²) < 4.78 is 17.3. The fourth-order valence-corrected chi connectivity index (χ4v) is 4.61. The van der Waals surface area contributed by atoms with Gasteiger partial charge in [-0.2, -0.15) is 12.6 Å². The van der Waals surface area contributed by atoms with Crippen LogP contribution in [-0.2, 0) is 18.7 Å². The van der Waals surface area contributed by atoms with Gasteiger partial charge in [0.25, 0.3) is 0 Å². The lowest BCUT2D eigenvalue weighted by Crippen LogP contribution is -2.52. The zero-order valence-corrected chi connectivity index (χ0v) is 21.5. The smallest absolute Gasteiger partial charge is 0.383 e. The average Bonchev–Trinajstić information content (AvgIpc) is 2.82. The highest BCUT2D eigenvalue weighted by Crippen LogP contribution is 2.49. The van der Waals surface area contributed by atoms with E-state index in [1.807, 2.05) is 12.1 Å². The molecule has 11 heteroatoms. The van der Waals surface area contributed by atoms with Crippen LogP contribution in [0.4, 0.5) is 0 Å². The van der Waals surface area contributed by atoms with Gasteiger partial charge in [0.15, 0.2) is 0 Å². The van der Waals surface area contributed by atoms with Crippen LogP contribution in [0.15, 0.2) is 60.7 Å². The fourth-order valence-electron chi connectivity index (χ4n) is 3.81. The zero-order chi connectivity index (χ0) is 26.1. The van der Waals surface area contributed by atoms with E-state index < -0.39 is 37.3 Å². The van der Waals surface area contributed by atoms with Gasteiger partial charge in [-0.15, -0.1) is 0 Å². The van der Waals surface area contributed by atoms with Gasteiger partial charge in [0.2, 0.25) is 11.8 Å². The van der Waals surface area contributed by atoms with Gasteiger partial charge in [-0.05, 0) is 11.1 Å². The zero-order valence-electron chi connectivity index (χ0n) is 19.7. The van der Waals surface area contributed by atoms with E-state index in [1.54, 1.807) is 48.5 Å². The molecule has 0 heterocycles. The van der Waals surface area contributed by atoms with Crippen LogP contribution in [0.25, 0.3) is 0 Å². The molecule has 192 valence electrons. The van der Waals surface area contributed by atoms with Crippen molar-refractivity contribution in [2.24, 2.45) is 5.41 Å². The Bertz CT molecular complexity index is 962. The standard InChI is InChI=1S/C24H33N2O7PS/c1-24(2,21(28)23(29)26-14-13-19(27)25-15-16-35)22(33-34(30,31)32)20(17-9-5-3-6-10-17)18-11-7-4-8-12-18/h3-12,20-22,28,35H,13-16H2,1-2H3,(H,25,27)(H,26,29)(H2,30,31,32)/t21?,22-/m1/s1. The van der Waals surface area contributed by atoms with Crippen LogP contribution in [0.1, 0.15) is 37.3 Å². The van der Waals surface area contributed by atoms with Gasteiger partial charge in [0.1, 0.15) is 6.10 Å². The molecule has 0 saturated carbocycles. The first-order valence-electron chi connectivity index (χ1n) is 11.1. The topological polar surface area (TPSA) is 145 Å². The Hall–Kier alpha value is -2.20. The third-order valence-corrected chi connectivity index (χ3v) is 6.37. The van der Waals surface area contributed by atoms with Gasteiger partial charge in [-0.3, -0.25) is 14.1 Å². The van der Waals surface area contributed by atoms with Gasteiger partial charge in [0.05, 0.1) is 6.10 Å². The van der Waals surface area contributed by atoms with Crippen molar-refractivity contribution in [3.05, 3.63) is 71.8 Å². The molecule has 2 rings (SSSR count). The van der Waals surface area contributed by atoms with Crippen molar-refractivity contribution >= 4 is 32.3 Å². The predicted octanol–water partition coefficient (Wildman–Crippen LogP) is 2.24. The number of amides is 2. The number of nitrogens with one attached hydrogen (secondary N) is 2. The monoisotopic (exact) mass is 524 g/mol. The molecule has 35 heavy (non-hydrogen) atoms. The molecule has 2 amide bonds. The van der Waals surface area contributed by atoms with E-state index in [9.17, 15) is 29.0 Å². The second-order valence-corrected chi connectivity index (χ2v) is 10.3. The molecule has 0 aliphatic rings. The molecular formula is C24H33N2O7PS. The molecule has 0 aromatic heterocycles. The van der Waals surface area contributed by atoms with Crippen molar-refractivity contribution < 1.29 is 33.6 Å². The minimum Gasteiger partial charge on any atom is -0.383 e. The number of aliphatic hydroxyl groups is 1. The third-order valence-electron chi connectivity index (χ3n) is 5.64. The Morgan fingerprint density at radius 1 is 0.971 bits per heavy atom. The van der Waals surface area contributed by atoms with Crippen molar-refractivity contribution in [1.29, 1.82) is 0 Å². The first kappa shape index (κ1) is 29.0. The summed E-state index contributed by atoms with van der Waals surface area (Å²) in [4.78, 5) is 44.0. The quantitative estimate of drug-likeness (QED) is 0.174. The normalized spacial score (nSPS) is 13.8. The largest absolute Gasteiger partial charge is 0.469 e. The van der Waals surface area contributed by atoms with E-state index in [1.165, 1.54) is 13.8 Å². The fraction of sp³-hybridized carbons (Fsp3) is 0.417. The number of phosphoric ester groups is 1. The maximum Gasteiger partial charge on any atom is 0.469 e. The number of hydrogen-bond donors (Lipinski definition) is 6. The predicted molar refractivity (Wildman–Crippen MR) is 136 cm³/mol. The van der Waals surface area contributed by atoms with Gasteiger partial charge in [-0.25, -0.2) is 4.57 Å². The molecule has 0 aliphatic carbocycles. The highest BCUT2D eigenvalue weighted by Gasteiger charge is 2.48. The molecule has 0 saturated heterocycles. The summed E-state index contributed by atoms with van der Waals surface area (Å²) >= 11 is 4.01. The molecule has 0 aliphatic heterocycles. The van der Waals surface area contributed by atoms with Crippen molar-refractivity contribution in [2.75, 3.05) is 18.8 Å². The molecule has 0 spiro atoms. The van der Waals surface area contributed by atoms with Crippen LogP contribution in [-0.4, -0.2) is 57.8 Å². The van der Waals surface area contributed by atoms with Crippen molar-refractivity contribution in [2.45, 2.75) is 38.4 Å². The number of hydrogen-bond acceptors (Lipinski definition) is 6. The van der Waals surface area contributed by atoms with Crippen molar-refractivity contribution in [1.82, 2.24) is 10.6 Å². The molecule has 2 aromatic rings. The summed E-state index contributed by atoms with van der Waals surface area (Å²) in [5.41, 5.74) is -0.0760. The van der Waals surface area contributed by atoms with Crippen LogP contribution >= 0.6 is 20.5 Å². The summed E-state index contributed by atoms with van der Waals surface area (Å²) in [7, 11) is -5.03. The van der Waals surface area contributed by atoms with Gasteiger partial charge >= 0.3 is 7.82 Å². The number of thiol groups is 1. The van der Waals surface area contributed by atoms with E-state index in [0.717, 1.165) is 0 Å². The number of phosphoric acid groups is 1. The molecular weight excluding hydrogens is 491 g/mol. The molecule has 0 radical (unpaired) electrons. The Balaban J connectivity index is 2.36. The van der Waals surface area contributed by atoms with Crippen LogP contribution in [0.2, 0.25) is 0 Å². The number of carbonyl (C=O) groups excluding carboxylic acids is 2. The number of carbonyl (C=O) groups is 2. The lowest BCUT2D eigenvalue weighted by atomic mass is 9.71. The van der Waals surface area contributed by atoms with E-state index in [-0.39, 0.29) is 18.9 Å². The number of aliphatic hydroxyl groups excluding tert-OH is 1. The maximum absolute atomic E-state index is 12.8. The minimum absolute atomic E-state index is 0.00569. The van der Waals surface area contributed by atoms with Crippen LogP contribution in [0.3, 0.4) is 0 Å². The first-order chi connectivity index (χ1) is 16.5. The number of rotatable bonds is 13. The van der Waals surface area contributed by atoms with E-state index >= 15 is 0 Å². The second-order valence-electron chi connectivity index (χ2n) is 8.65. The Morgan fingerprint density at radius 2 is 1.49 bits per heavy atom. The molecule has 9 nitrogen and oxygen atoms in total. The van der Waals surface area contributed by atoms with Crippen LogP contribution in [0.5, 0.6) is 0 Å². The Kier molecular flexibility index (Phi) is 11.0. The van der Waals surface area contributed by atoms with Crippen LogP contribution in [0, 0.1) is 5.41 Å². The molecule has 2 aromatic carbocycles. The Labute approximate surface area is 210 Å². The molecule has 0 fully saturated rings. The molecule has 5 N–H and O–H groups in total. The highest BCUT2D eigenvalue weighted by atomic mass is 32.1. The SMILES string of the molecule is CC(C)(C(O)C(=O)NCCC(=O)NCCS)[C@H](OP(=O)(O)O)C(c1ccccc1)c1ccccc1. The number of benzene rings is 2. The average molecular weight is 525 g/mol. The highest BCUT2D eigenvalue weighted by molar-refractivity contribution is 7.80. The van der Waals surface area contributed by atoms with Gasteiger partial charge in [0, 0.05) is 36.6 Å². The lowest BCUT2D eigenvalue weighted by molar-refractivity contribution is -0.141. The lowest BCUT2D eigenvalue weighted by Gasteiger charge is -2.41. The first-order valence-corrected chi connectivity index (χ1v) is 13.3. The summed E-state index contributed by atoms with van der Waals surface area (Å²) in [5, 5.41) is 16.1. The minimum atomic E-state index is -5.03.